The second-order valence-electron chi connectivity index (χ2n) is 6.05. The number of benzene rings is 1. The van der Waals surface area contributed by atoms with E-state index in [4.69, 9.17) is 10.5 Å². The minimum absolute atomic E-state index is 0.0241. The molecule has 2 rings (SSSR count). The van der Waals surface area contributed by atoms with Gasteiger partial charge >= 0.3 is 0 Å². The minimum atomic E-state index is -3.54. The zero-order chi connectivity index (χ0) is 17.9. The van der Waals surface area contributed by atoms with Gasteiger partial charge in [-0.1, -0.05) is 6.92 Å². The molecule has 1 saturated heterocycles. The third kappa shape index (κ3) is 3.99. The van der Waals surface area contributed by atoms with E-state index >= 15 is 0 Å². The average molecular weight is 355 g/mol. The fraction of sp³-hybridized carbons (Fsp3) is 0.562. The number of nitrogens with one attached hydrogen (secondary N) is 2. The molecule has 1 heterocycles. The van der Waals surface area contributed by atoms with Gasteiger partial charge in [-0.3, -0.25) is 4.79 Å². The highest BCUT2D eigenvalue weighted by atomic mass is 32.2. The fourth-order valence-electron chi connectivity index (χ4n) is 3.03. The van der Waals surface area contributed by atoms with Crippen molar-refractivity contribution in [3.8, 4) is 5.75 Å². The molecule has 0 saturated carbocycles. The van der Waals surface area contributed by atoms with Crippen LogP contribution in [-0.4, -0.2) is 46.3 Å². The largest absolute Gasteiger partial charge is 0.496 e. The van der Waals surface area contributed by atoms with Crippen LogP contribution in [0.4, 0.5) is 5.69 Å². The van der Waals surface area contributed by atoms with E-state index in [0.29, 0.717) is 0 Å². The van der Waals surface area contributed by atoms with Crippen LogP contribution < -0.4 is 21.1 Å². The molecule has 0 bridgehead atoms. The van der Waals surface area contributed by atoms with Crippen molar-refractivity contribution >= 4 is 21.4 Å². The van der Waals surface area contributed by atoms with E-state index in [2.05, 4.69) is 10.6 Å². The molecule has 1 aromatic rings. The van der Waals surface area contributed by atoms with E-state index in [1.165, 1.54) is 19.2 Å². The number of rotatable bonds is 6. The summed E-state index contributed by atoms with van der Waals surface area (Å²) in [5.74, 6) is -0.107. The zero-order valence-electron chi connectivity index (χ0n) is 14.3. The van der Waals surface area contributed by atoms with Gasteiger partial charge in [0.15, 0.2) is 9.84 Å². The number of methoxy groups -OCH3 is 1. The van der Waals surface area contributed by atoms with Gasteiger partial charge in [-0.25, -0.2) is 8.42 Å². The van der Waals surface area contributed by atoms with Crippen LogP contribution in [0.1, 0.15) is 36.5 Å². The lowest BCUT2D eigenvalue weighted by Crippen LogP contribution is -2.47. The lowest BCUT2D eigenvalue weighted by atomic mass is 10.0. The Kier molecular flexibility index (Phi) is 5.71. The minimum Gasteiger partial charge on any atom is -0.496 e. The first kappa shape index (κ1) is 18.5. The lowest BCUT2D eigenvalue weighted by Gasteiger charge is -2.24. The van der Waals surface area contributed by atoms with Crippen molar-refractivity contribution < 1.29 is 17.9 Å². The van der Waals surface area contributed by atoms with Crippen molar-refractivity contribution in [1.82, 2.24) is 10.6 Å². The summed E-state index contributed by atoms with van der Waals surface area (Å²) in [4.78, 5) is 12.6. The zero-order valence-corrected chi connectivity index (χ0v) is 15.1. The molecule has 4 N–H and O–H groups in total. The number of nitrogen functional groups attached to an aromatic ring is 1. The monoisotopic (exact) mass is 355 g/mol. The number of anilines is 1. The normalized spacial score (nSPS) is 19.0. The molecule has 7 nitrogen and oxygen atoms in total. The first-order valence-electron chi connectivity index (χ1n) is 7.99. The Balaban J connectivity index is 2.33. The van der Waals surface area contributed by atoms with Gasteiger partial charge in [-0.05, 0) is 31.9 Å². The van der Waals surface area contributed by atoms with Gasteiger partial charge in [-0.15, -0.1) is 0 Å². The Morgan fingerprint density at radius 1 is 1.50 bits per heavy atom. The molecule has 1 aliphatic rings. The molecule has 2 unspecified atom stereocenters. The van der Waals surface area contributed by atoms with Gasteiger partial charge in [0, 0.05) is 24.4 Å². The van der Waals surface area contributed by atoms with E-state index in [9.17, 15) is 13.2 Å². The Labute approximate surface area is 142 Å². The molecule has 1 aromatic carbocycles. The standard InChI is InChI=1S/C16H25N3O4S/c1-4-12(13-6-5-7-18-13)19-16(20)10-8-15(24(3,21)22)11(17)9-14(10)23-2/h8-9,12-13,18H,4-7,17H2,1-3H3,(H,19,20). The highest BCUT2D eigenvalue weighted by Crippen LogP contribution is 2.29. The van der Waals surface area contributed by atoms with Crippen molar-refractivity contribution in [2.45, 2.75) is 43.2 Å². The summed E-state index contributed by atoms with van der Waals surface area (Å²) in [6.07, 6.45) is 3.93. The molecular formula is C16H25N3O4S. The molecule has 134 valence electrons. The summed E-state index contributed by atoms with van der Waals surface area (Å²) in [7, 11) is -2.12. The van der Waals surface area contributed by atoms with Gasteiger partial charge in [0.05, 0.1) is 23.3 Å². The van der Waals surface area contributed by atoms with Crippen molar-refractivity contribution in [2.24, 2.45) is 0 Å². The van der Waals surface area contributed by atoms with Gasteiger partial charge in [-0.2, -0.15) is 0 Å². The summed E-state index contributed by atoms with van der Waals surface area (Å²) in [5.41, 5.74) is 6.01. The van der Waals surface area contributed by atoms with Crippen molar-refractivity contribution in [1.29, 1.82) is 0 Å². The molecule has 2 atom stereocenters. The van der Waals surface area contributed by atoms with Crippen LogP contribution in [0.25, 0.3) is 0 Å². The van der Waals surface area contributed by atoms with Gasteiger partial charge in [0.1, 0.15) is 5.75 Å². The molecule has 0 radical (unpaired) electrons. The molecule has 0 aliphatic carbocycles. The van der Waals surface area contributed by atoms with Gasteiger partial charge in [0.2, 0.25) is 0 Å². The summed E-state index contributed by atoms with van der Waals surface area (Å²) in [5, 5.41) is 6.36. The second kappa shape index (κ2) is 7.40. The van der Waals surface area contributed by atoms with Crippen LogP contribution in [0.3, 0.4) is 0 Å². The number of amides is 1. The van der Waals surface area contributed by atoms with Crippen LogP contribution in [-0.2, 0) is 9.84 Å². The number of ether oxygens (including phenoxy) is 1. The van der Waals surface area contributed by atoms with Crippen LogP contribution in [0.2, 0.25) is 0 Å². The molecule has 24 heavy (non-hydrogen) atoms. The topological polar surface area (TPSA) is 111 Å². The SMILES string of the molecule is CCC(NC(=O)c1cc(S(C)(=O)=O)c(N)cc1OC)C1CCCN1. The maximum Gasteiger partial charge on any atom is 0.255 e. The van der Waals surface area contributed by atoms with Gasteiger partial charge in [0.25, 0.3) is 5.91 Å². The molecular weight excluding hydrogens is 330 g/mol. The molecule has 0 aromatic heterocycles. The number of hydrogen-bond acceptors (Lipinski definition) is 6. The average Bonchev–Trinajstić information content (AvgIpc) is 3.04. The Morgan fingerprint density at radius 3 is 2.71 bits per heavy atom. The fourth-order valence-corrected chi connectivity index (χ4v) is 3.85. The smallest absolute Gasteiger partial charge is 0.255 e. The van der Waals surface area contributed by atoms with Crippen LogP contribution in [0.5, 0.6) is 5.75 Å². The number of sulfone groups is 1. The van der Waals surface area contributed by atoms with Crippen LogP contribution in [0.15, 0.2) is 17.0 Å². The van der Waals surface area contributed by atoms with Crippen molar-refractivity contribution in [2.75, 3.05) is 25.6 Å². The Bertz CT molecular complexity index is 712. The van der Waals surface area contributed by atoms with E-state index in [1.807, 2.05) is 6.92 Å². The highest BCUT2D eigenvalue weighted by Gasteiger charge is 2.27. The third-order valence-corrected chi connectivity index (χ3v) is 5.47. The van der Waals surface area contributed by atoms with E-state index in [-0.39, 0.29) is 39.9 Å². The van der Waals surface area contributed by atoms with Gasteiger partial charge < -0.3 is 21.1 Å². The lowest BCUT2D eigenvalue weighted by molar-refractivity contribution is 0.0924. The van der Waals surface area contributed by atoms with E-state index < -0.39 is 9.84 Å². The first-order valence-corrected chi connectivity index (χ1v) is 9.88. The Hall–Kier alpha value is -1.80. The maximum absolute atomic E-state index is 12.7. The third-order valence-electron chi connectivity index (χ3n) is 4.32. The number of carbonyl (C=O) groups excluding carboxylic acids is 1. The first-order chi connectivity index (χ1) is 11.3. The molecule has 1 fully saturated rings. The summed E-state index contributed by atoms with van der Waals surface area (Å²) >= 11 is 0. The summed E-state index contributed by atoms with van der Waals surface area (Å²) in [6, 6.07) is 2.87. The molecule has 1 aliphatic heterocycles. The highest BCUT2D eigenvalue weighted by molar-refractivity contribution is 7.90. The summed E-state index contributed by atoms with van der Waals surface area (Å²) in [6.45, 7) is 2.95. The number of hydrogen-bond donors (Lipinski definition) is 3. The maximum atomic E-state index is 12.7. The molecule has 8 heteroatoms. The van der Waals surface area contributed by atoms with E-state index in [0.717, 1.165) is 32.1 Å². The number of nitrogens with two attached hydrogens (primary N) is 1. The molecule has 0 spiro atoms. The predicted octanol–water partition coefficient (Wildman–Crippen LogP) is 0.941. The van der Waals surface area contributed by atoms with E-state index in [1.54, 1.807) is 0 Å². The van der Waals surface area contributed by atoms with Crippen LogP contribution in [0, 0.1) is 0 Å². The summed E-state index contributed by atoms with van der Waals surface area (Å²) < 4.78 is 28.9. The predicted molar refractivity (Wildman–Crippen MR) is 93.1 cm³/mol. The number of carbonyl (C=O) groups is 1. The quantitative estimate of drug-likeness (QED) is 0.655. The van der Waals surface area contributed by atoms with Crippen molar-refractivity contribution in [3.63, 3.8) is 0 Å². The second-order valence-corrected chi connectivity index (χ2v) is 8.04. The molecule has 1 amide bonds. The van der Waals surface area contributed by atoms with Crippen LogP contribution >= 0.6 is 0 Å². The van der Waals surface area contributed by atoms with Crippen molar-refractivity contribution in [3.05, 3.63) is 17.7 Å². The Morgan fingerprint density at radius 2 is 2.21 bits per heavy atom.